The highest BCUT2D eigenvalue weighted by molar-refractivity contribution is 7.92. The van der Waals surface area contributed by atoms with E-state index in [1.165, 1.54) is 23.7 Å². The summed E-state index contributed by atoms with van der Waals surface area (Å²) in [6, 6.07) is 2.76. The zero-order valence-corrected chi connectivity index (χ0v) is 28.8. The third-order valence-corrected chi connectivity index (χ3v) is 10.1. The van der Waals surface area contributed by atoms with Crippen LogP contribution in [0, 0.1) is 0 Å². The molecule has 0 bridgehead atoms. The number of hydrogen-bond acceptors (Lipinski definition) is 13. The van der Waals surface area contributed by atoms with Gasteiger partial charge in [-0.3, -0.25) is 14.5 Å². The summed E-state index contributed by atoms with van der Waals surface area (Å²) < 4.78 is 80.3. The van der Waals surface area contributed by atoms with Crippen LogP contribution in [0.3, 0.4) is 0 Å². The summed E-state index contributed by atoms with van der Waals surface area (Å²) in [6.45, 7) is 4.08. The normalized spacial score (nSPS) is 19.3. The Hall–Kier alpha value is -4.49. The summed E-state index contributed by atoms with van der Waals surface area (Å²) >= 11 is 0. The molecule has 2 N–H and O–H groups in total. The topological polar surface area (TPSA) is 164 Å². The molecule has 1 saturated heterocycles. The Morgan fingerprint density at radius 1 is 1.04 bits per heavy atom. The monoisotopic (exact) mass is 720 g/mol. The molecule has 6 rings (SSSR count). The van der Waals surface area contributed by atoms with Crippen LogP contribution in [-0.4, -0.2) is 94.9 Å². The number of aromatic nitrogens is 6. The second-order valence-electron chi connectivity index (χ2n) is 12.5. The van der Waals surface area contributed by atoms with Crippen molar-refractivity contribution in [2.45, 2.75) is 57.0 Å². The Balaban J connectivity index is 1.27. The molecule has 0 amide bonds. The zero-order chi connectivity index (χ0) is 35.8. The van der Waals surface area contributed by atoms with Gasteiger partial charge in [0.25, 0.3) is 0 Å². The Labute approximate surface area is 287 Å². The second kappa shape index (κ2) is 14.0. The van der Waals surface area contributed by atoms with Crippen molar-refractivity contribution in [2.75, 3.05) is 59.2 Å². The first-order chi connectivity index (χ1) is 23.7. The molecule has 270 valence electrons. The summed E-state index contributed by atoms with van der Waals surface area (Å²) in [4.78, 5) is 23.6. The van der Waals surface area contributed by atoms with Crippen molar-refractivity contribution in [1.82, 2.24) is 29.5 Å². The van der Waals surface area contributed by atoms with Crippen LogP contribution in [0.15, 0.2) is 36.9 Å². The SMILES string of the molecule is CC(c1cnc(N(C)O)n1C)N(c1cnc2cc(N3CCOCC3)nc(OC3CCC(Nc4ncc(C(F)(F)F)cn4)CC3)c2c1)S(C)(=O)=O. The lowest BCUT2D eigenvalue weighted by Crippen LogP contribution is -2.37. The number of nitrogens with zero attached hydrogens (tertiary/aromatic N) is 9. The molecule has 1 saturated carbocycles. The minimum absolute atomic E-state index is 0.0628. The minimum atomic E-state index is -4.51. The molecule has 15 nitrogen and oxygen atoms in total. The average molecular weight is 721 g/mol. The summed E-state index contributed by atoms with van der Waals surface area (Å²) in [5.74, 6) is 1.34. The van der Waals surface area contributed by atoms with E-state index < -0.39 is 27.8 Å². The quantitative estimate of drug-likeness (QED) is 0.225. The fourth-order valence-electron chi connectivity index (χ4n) is 6.37. The first-order valence-electron chi connectivity index (χ1n) is 16.1. The van der Waals surface area contributed by atoms with E-state index >= 15 is 0 Å². The van der Waals surface area contributed by atoms with Crippen LogP contribution in [0.2, 0.25) is 0 Å². The van der Waals surface area contributed by atoms with Crippen LogP contribution >= 0.6 is 0 Å². The van der Waals surface area contributed by atoms with Gasteiger partial charge in [0.2, 0.25) is 27.8 Å². The van der Waals surface area contributed by atoms with Crippen molar-refractivity contribution >= 4 is 44.3 Å². The zero-order valence-electron chi connectivity index (χ0n) is 28.0. The lowest BCUT2D eigenvalue weighted by molar-refractivity contribution is -0.138. The van der Waals surface area contributed by atoms with Gasteiger partial charge in [-0.2, -0.15) is 18.2 Å². The summed E-state index contributed by atoms with van der Waals surface area (Å²) in [5, 5.41) is 14.5. The smallest absolute Gasteiger partial charge is 0.419 e. The lowest BCUT2D eigenvalue weighted by Gasteiger charge is -2.31. The molecule has 5 heterocycles. The van der Waals surface area contributed by atoms with Gasteiger partial charge in [-0.25, -0.2) is 28.4 Å². The fourth-order valence-corrected chi connectivity index (χ4v) is 7.54. The molecule has 19 heteroatoms. The predicted molar refractivity (Wildman–Crippen MR) is 179 cm³/mol. The van der Waals surface area contributed by atoms with E-state index in [0.29, 0.717) is 86.0 Å². The number of hydrogen-bond donors (Lipinski definition) is 2. The number of imidazole rings is 1. The number of halogens is 3. The molecule has 1 atom stereocenters. The van der Waals surface area contributed by atoms with Crippen molar-refractivity contribution in [3.8, 4) is 5.88 Å². The number of hydroxylamine groups is 1. The Morgan fingerprint density at radius 2 is 1.72 bits per heavy atom. The molecule has 1 aliphatic heterocycles. The molecule has 2 fully saturated rings. The molecule has 0 aromatic carbocycles. The molecule has 50 heavy (non-hydrogen) atoms. The van der Waals surface area contributed by atoms with Crippen LogP contribution in [0.4, 0.5) is 36.6 Å². The fraction of sp³-hybridized carbons (Fsp3) is 0.516. The number of nitrogens with one attached hydrogen (secondary N) is 1. The summed E-state index contributed by atoms with van der Waals surface area (Å²) in [5.41, 5.74) is 0.492. The number of alkyl halides is 3. The van der Waals surface area contributed by atoms with Gasteiger partial charge in [0.05, 0.1) is 65.8 Å². The van der Waals surface area contributed by atoms with Crippen molar-refractivity contribution in [3.05, 3.63) is 48.2 Å². The standard InChI is InChI=1S/C31H39F3N10O5S/c1-19(26-18-38-30(41(26)2)42(3)45)44(50(4,46)47)22-13-24-25(35-17-22)14-27(43-9-11-48-12-10-43)40-28(24)49-23-7-5-21(6-8-23)39-29-36-15-20(16-37-29)31(32,33)34/h13-19,21,23,45H,5-12H2,1-4H3,(H,36,37,39). The molecule has 0 spiro atoms. The highest BCUT2D eigenvalue weighted by Gasteiger charge is 2.32. The van der Waals surface area contributed by atoms with Crippen LogP contribution in [0.25, 0.3) is 10.9 Å². The van der Waals surface area contributed by atoms with E-state index in [9.17, 15) is 26.8 Å². The molecule has 2 aliphatic rings. The number of pyridine rings is 2. The van der Waals surface area contributed by atoms with Crippen LogP contribution in [0.5, 0.6) is 5.88 Å². The van der Waals surface area contributed by atoms with Crippen molar-refractivity contribution < 1.29 is 36.3 Å². The van der Waals surface area contributed by atoms with Gasteiger partial charge < -0.3 is 24.3 Å². The highest BCUT2D eigenvalue weighted by atomic mass is 32.2. The molecular formula is C31H39F3N10O5S. The van der Waals surface area contributed by atoms with Crippen LogP contribution in [0.1, 0.15) is 49.9 Å². The predicted octanol–water partition coefficient (Wildman–Crippen LogP) is 4.16. The van der Waals surface area contributed by atoms with E-state index in [0.717, 1.165) is 23.7 Å². The molecule has 1 aliphatic carbocycles. The Bertz CT molecular complexity index is 1910. The first kappa shape index (κ1) is 35.3. The van der Waals surface area contributed by atoms with Gasteiger partial charge in [0.1, 0.15) is 11.9 Å². The number of rotatable bonds is 10. The Morgan fingerprint density at radius 3 is 2.32 bits per heavy atom. The third-order valence-electron chi connectivity index (χ3n) is 8.90. The van der Waals surface area contributed by atoms with Gasteiger partial charge in [-0.05, 0) is 38.7 Å². The Kier molecular flexibility index (Phi) is 9.91. The van der Waals surface area contributed by atoms with Crippen molar-refractivity contribution in [1.29, 1.82) is 0 Å². The number of sulfonamides is 1. The van der Waals surface area contributed by atoms with E-state index in [1.54, 1.807) is 24.6 Å². The number of anilines is 4. The van der Waals surface area contributed by atoms with E-state index in [2.05, 4.69) is 30.2 Å². The molecule has 0 radical (unpaired) electrons. The second-order valence-corrected chi connectivity index (χ2v) is 14.3. The highest BCUT2D eigenvalue weighted by Crippen LogP contribution is 2.37. The molecular weight excluding hydrogens is 681 g/mol. The molecule has 1 unspecified atom stereocenters. The largest absolute Gasteiger partial charge is 0.474 e. The van der Waals surface area contributed by atoms with Crippen LogP contribution in [-0.2, 0) is 28.0 Å². The maximum Gasteiger partial charge on any atom is 0.419 e. The van der Waals surface area contributed by atoms with Crippen molar-refractivity contribution in [3.63, 3.8) is 0 Å². The van der Waals surface area contributed by atoms with Gasteiger partial charge in [-0.15, -0.1) is 0 Å². The average Bonchev–Trinajstić information content (AvgIpc) is 3.47. The summed E-state index contributed by atoms with van der Waals surface area (Å²) in [7, 11) is -0.739. The number of morpholine rings is 1. The summed E-state index contributed by atoms with van der Waals surface area (Å²) in [6.07, 6.45) is 3.43. The molecule has 4 aromatic rings. The van der Waals surface area contributed by atoms with E-state index in [4.69, 9.17) is 14.5 Å². The maximum absolute atomic E-state index is 13.3. The third kappa shape index (κ3) is 7.63. The lowest BCUT2D eigenvalue weighted by atomic mass is 9.93. The number of fused-ring (bicyclic) bond motifs is 1. The van der Waals surface area contributed by atoms with Gasteiger partial charge in [0.15, 0.2) is 0 Å². The maximum atomic E-state index is 13.3. The van der Waals surface area contributed by atoms with Gasteiger partial charge >= 0.3 is 6.18 Å². The molecule has 4 aromatic heterocycles. The van der Waals surface area contributed by atoms with E-state index in [-0.39, 0.29) is 24.0 Å². The minimum Gasteiger partial charge on any atom is -0.474 e. The van der Waals surface area contributed by atoms with Crippen LogP contribution < -0.4 is 24.3 Å². The van der Waals surface area contributed by atoms with Crippen molar-refractivity contribution in [2.24, 2.45) is 7.05 Å². The number of ether oxygens (including phenoxy) is 2. The van der Waals surface area contributed by atoms with E-state index in [1.807, 2.05) is 6.07 Å². The van der Waals surface area contributed by atoms with Gasteiger partial charge in [0, 0.05) is 51.7 Å². The van der Waals surface area contributed by atoms with Gasteiger partial charge in [-0.1, -0.05) is 0 Å². The first-order valence-corrected chi connectivity index (χ1v) is 17.9.